The molecule has 1 nitrogen and oxygen atoms in total. The molecule has 26 heavy (non-hydrogen) atoms. The van der Waals surface area contributed by atoms with Crippen molar-refractivity contribution < 1.29 is 0 Å². The van der Waals surface area contributed by atoms with Gasteiger partial charge in [0.05, 0.1) is 11.0 Å². The smallest absolute Gasteiger partial charge is 0.0541 e. The fourth-order valence-corrected chi connectivity index (χ4v) is 4.61. The average Bonchev–Trinajstić information content (AvgIpc) is 2.87. The lowest BCUT2D eigenvalue weighted by Gasteiger charge is -2.24. The summed E-state index contributed by atoms with van der Waals surface area (Å²) in [5.74, 6) is 0. The van der Waals surface area contributed by atoms with Crippen molar-refractivity contribution in [3.63, 3.8) is 0 Å². The molecule has 1 aromatic heterocycles. The van der Waals surface area contributed by atoms with Crippen LogP contribution in [-0.4, -0.2) is 4.57 Å². The van der Waals surface area contributed by atoms with Crippen LogP contribution in [0.1, 0.15) is 26.3 Å². The molecule has 4 heteroatoms. The first-order valence-electron chi connectivity index (χ1n) is 8.45. The summed E-state index contributed by atoms with van der Waals surface area (Å²) in [5, 5.41) is 2.50. The van der Waals surface area contributed by atoms with Crippen molar-refractivity contribution in [1.29, 1.82) is 0 Å². The zero-order valence-corrected chi connectivity index (χ0v) is 19.5. The monoisotopic (exact) mass is 533 g/mol. The topological polar surface area (TPSA) is 4.93 Å². The predicted molar refractivity (Wildman–Crippen MR) is 123 cm³/mol. The zero-order valence-electron chi connectivity index (χ0n) is 14.8. The molecule has 0 N–H and O–H groups in total. The Labute approximate surface area is 178 Å². The minimum Gasteiger partial charge on any atom is -0.309 e. The normalized spacial score (nSPS) is 12.2. The third-order valence-electron chi connectivity index (χ3n) is 4.70. The van der Waals surface area contributed by atoms with E-state index in [9.17, 15) is 0 Å². The van der Waals surface area contributed by atoms with Crippen molar-refractivity contribution in [3.8, 4) is 5.69 Å². The van der Waals surface area contributed by atoms with Crippen molar-refractivity contribution >= 4 is 69.6 Å². The third-order valence-corrected chi connectivity index (χ3v) is 6.18. The molecule has 0 aliphatic heterocycles. The van der Waals surface area contributed by atoms with Crippen LogP contribution >= 0.6 is 47.8 Å². The van der Waals surface area contributed by atoms with Crippen molar-refractivity contribution in [1.82, 2.24) is 4.57 Å². The molecular weight excluding hydrogens is 518 g/mol. The maximum atomic E-state index is 3.65. The molecule has 4 rings (SSSR count). The highest BCUT2D eigenvalue weighted by Crippen LogP contribution is 2.39. The van der Waals surface area contributed by atoms with Crippen LogP contribution in [0.2, 0.25) is 0 Å². The van der Waals surface area contributed by atoms with Gasteiger partial charge < -0.3 is 4.57 Å². The Hall–Kier alpha value is -1.10. The van der Waals surface area contributed by atoms with Gasteiger partial charge in [-0.15, -0.1) is 0 Å². The molecular formula is C22H18Br3N. The highest BCUT2D eigenvalue weighted by molar-refractivity contribution is 9.11. The van der Waals surface area contributed by atoms with Gasteiger partial charge in [-0.3, -0.25) is 0 Å². The summed E-state index contributed by atoms with van der Waals surface area (Å²) in [6.07, 6.45) is 0. The Morgan fingerprint density at radius 3 is 1.62 bits per heavy atom. The molecule has 4 aromatic rings. The van der Waals surface area contributed by atoms with Crippen LogP contribution in [0.15, 0.2) is 68.0 Å². The number of halogens is 3. The second-order valence-electron chi connectivity index (χ2n) is 7.57. The van der Waals surface area contributed by atoms with Crippen LogP contribution in [0.4, 0.5) is 0 Å². The molecule has 0 atom stereocenters. The van der Waals surface area contributed by atoms with Gasteiger partial charge in [-0.2, -0.15) is 0 Å². The highest BCUT2D eigenvalue weighted by atomic mass is 79.9. The molecule has 0 saturated heterocycles. The lowest BCUT2D eigenvalue weighted by molar-refractivity contribution is 0.587. The second-order valence-corrected chi connectivity index (χ2v) is 10.3. The van der Waals surface area contributed by atoms with Crippen LogP contribution < -0.4 is 0 Å². The Kier molecular flexibility index (Phi) is 4.57. The average molecular weight is 536 g/mol. The summed E-state index contributed by atoms with van der Waals surface area (Å²) >= 11 is 10.9. The molecule has 0 spiro atoms. The van der Waals surface area contributed by atoms with E-state index in [0.29, 0.717) is 0 Å². The van der Waals surface area contributed by atoms with Crippen LogP contribution in [-0.2, 0) is 5.41 Å². The summed E-state index contributed by atoms with van der Waals surface area (Å²) in [5.41, 5.74) is 5.01. The Morgan fingerprint density at radius 1 is 0.654 bits per heavy atom. The van der Waals surface area contributed by atoms with Gasteiger partial charge in [0, 0.05) is 29.9 Å². The minimum absolute atomic E-state index is 0.0345. The van der Waals surface area contributed by atoms with Gasteiger partial charge in [0.15, 0.2) is 0 Å². The van der Waals surface area contributed by atoms with Crippen LogP contribution in [0.3, 0.4) is 0 Å². The number of fused-ring (bicyclic) bond motifs is 3. The molecule has 3 aromatic carbocycles. The van der Waals surface area contributed by atoms with Crippen molar-refractivity contribution in [3.05, 3.63) is 73.6 Å². The number of aromatic nitrogens is 1. The van der Waals surface area contributed by atoms with E-state index >= 15 is 0 Å². The van der Waals surface area contributed by atoms with Crippen molar-refractivity contribution in [2.45, 2.75) is 26.2 Å². The zero-order chi connectivity index (χ0) is 18.6. The van der Waals surface area contributed by atoms with Gasteiger partial charge in [-0.25, -0.2) is 0 Å². The molecule has 132 valence electrons. The largest absolute Gasteiger partial charge is 0.309 e. The summed E-state index contributed by atoms with van der Waals surface area (Å²) < 4.78 is 5.68. The Morgan fingerprint density at radius 2 is 1.12 bits per heavy atom. The second kappa shape index (κ2) is 6.50. The maximum Gasteiger partial charge on any atom is 0.0541 e. The Balaban J connectivity index is 2.19. The molecule has 0 radical (unpaired) electrons. The van der Waals surface area contributed by atoms with Crippen molar-refractivity contribution in [2.24, 2.45) is 0 Å². The summed E-state index contributed by atoms with van der Waals surface area (Å²) in [4.78, 5) is 0. The van der Waals surface area contributed by atoms with E-state index < -0.39 is 0 Å². The van der Waals surface area contributed by atoms with E-state index in [4.69, 9.17) is 0 Å². The first kappa shape index (κ1) is 18.3. The lowest BCUT2D eigenvalue weighted by atomic mass is 9.85. The fraction of sp³-hybridized carbons (Fsp3) is 0.182. The van der Waals surface area contributed by atoms with Gasteiger partial charge in [0.2, 0.25) is 0 Å². The molecule has 1 heterocycles. The highest BCUT2D eigenvalue weighted by Gasteiger charge is 2.22. The van der Waals surface area contributed by atoms with Crippen molar-refractivity contribution in [2.75, 3.05) is 0 Å². The fourth-order valence-electron chi connectivity index (χ4n) is 3.53. The summed E-state index contributed by atoms with van der Waals surface area (Å²) in [6.45, 7) is 6.79. The van der Waals surface area contributed by atoms with Gasteiger partial charge >= 0.3 is 0 Å². The van der Waals surface area contributed by atoms with Gasteiger partial charge in [0.1, 0.15) is 0 Å². The number of hydrogen-bond donors (Lipinski definition) is 0. The van der Waals surface area contributed by atoms with Crippen LogP contribution in [0, 0.1) is 0 Å². The van der Waals surface area contributed by atoms with E-state index in [0.717, 1.165) is 13.4 Å². The molecule has 0 fully saturated rings. The molecule has 0 unspecified atom stereocenters. The van der Waals surface area contributed by atoms with E-state index in [1.165, 1.54) is 33.1 Å². The van der Waals surface area contributed by atoms with Gasteiger partial charge in [0.25, 0.3) is 0 Å². The molecule has 0 aliphatic rings. The maximum absolute atomic E-state index is 3.65. The number of hydrogen-bond acceptors (Lipinski definition) is 0. The first-order chi connectivity index (χ1) is 12.3. The molecule has 0 saturated carbocycles. The first-order valence-corrected chi connectivity index (χ1v) is 10.8. The number of benzene rings is 3. The quantitative estimate of drug-likeness (QED) is 0.231. The SMILES string of the molecule is CC(C)(C)c1cc(Br)ccc1-n1c2ccc(Br)cc2c2cc(Br)ccc21. The lowest BCUT2D eigenvalue weighted by Crippen LogP contribution is -2.15. The standard InChI is InChI=1S/C22H18Br3N/c1-22(2,3)18-12-15(25)6-9-21(18)26-19-7-4-13(23)10-16(19)17-11-14(24)5-8-20(17)26/h4-12H,1-3H3. The third kappa shape index (κ3) is 3.06. The molecule has 0 aliphatic carbocycles. The van der Waals surface area contributed by atoms with E-state index in [-0.39, 0.29) is 5.41 Å². The Bertz CT molecular complexity index is 1090. The molecule has 0 amide bonds. The summed E-state index contributed by atoms with van der Waals surface area (Å²) in [7, 11) is 0. The van der Waals surface area contributed by atoms with E-state index in [1.54, 1.807) is 0 Å². The minimum atomic E-state index is 0.0345. The van der Waals surface area contributed by atoms with E-state index in [2.05, 4.69) is 128 Å². The summed E-state index contributed by atoms with van der Waals surface area (Å²) in [6, 6.07) is 19.6. The van der Waals surface area contributed by atoms with Gasteiger partial charge in [-0.1, -0.05) is 68.6 Å². The van der Waals surface area contributed by atoms with Crippen LogP contribution in [0.5, 0.6) is 0 Å². The van der Waals surface area contributed by atoms with Crippen LogP contribution in [0.25, 0.3) is 27.5 Å². The number of rotatable bonds is 1. The van der Waals surface area contributed by atoms with Gasteiger partial charge in [-0.05, 0) is 65.6 Å². The number of nitrogens with zero attached hydrogens (tertiary/aromatic N) is 1. The van der Waals surface area contributed by atoms with E-state index in [1.807, 2.05) is 0 Å². The predicted octanol–water partition coefficient (Wildman–Crippen LogP) is 8.37. The molecule has 0 bridgehead atoms.